The van der Waals surface area contributed by atoms with Crippen LogP contribution in [-0.2, 0) is 0 Å². The summed E-state index contributed by atoms with van der Waals surface area (Å²) in [7, 11) is 0. The summed E-state index contributed by atoms with van der Waals surface area (Å²) in [6.07, 6.45) is 4.91. The number of hydrogen-bond donors (Lipinski definition) is 1. The molecule has 1 heterocycles. The van der Waals surface area contributed by atoms with Gasteiger partial charge < -0.3 is 5.32 Å². The number of nitrogens with one attached hydrogen (secondary N) is 1. The number of hydrogen-bond acceptors (Lipinski definition) is 3. The number of carbonyl (C=O) groups is 1. The Balaban J connectivity index is 1.50. The molecule has 0 atom stereocenters. The fourth-order valence-corrected chi connectivity index (χ4v) is 3.64. The zero-order valence-electron chi connectivity index (χ0n) is 15.6. The molecule has 0 fully saturated rings. The smallest absolute Gasteiger partial charge is 0.185 e. The Bertz CT molecular complexity index is 1270. The minimum Gasteiger partial charge on any atom is -0.355 e. The lowest BCUT2D eigenvalue weighted by Gasteiger charge is -2.10. The molecule has 0 bridgehead atoms. The van der Waals surface area contributed by atoms with E-state index in [1.807, 2.05) is 36.4 Å². The zero-order chi connectivity index (χ0) is 21.1. The molecule has 4 rings (SSSR count). The van der Waals surface area contributed by atoms with Crippen LogP contribution in [0.15, 0.2) is 79.0 Å². The number of benzene rings is 3. The third kappa shape index (κ3) is 4.65. The Hall–Kier alpha value is -2.85. The Labute approximate surface area is 188 Å². The summed E-state index contributed by atoms with van der Waals surface area (Å²) in [5.74, 6) is -0.114. The van der Waals surface area contributed by atoms with Gasteiger partial charge in [-0.1, -0.05) is 40.9 Å². The Kier molecular flexibility index (Phi) is 6.05. The molecule has 148 valence electrons. The van der Waals surface area contributed by atoms with Crippen molar-refractivity contribution in [2.24, 2.45) is 0 Å². The molecule has 0 saturated heterocycles. The lowest BCUT2D eigenvalue weighted by atomic mass is 10.1. The van der Waals surface area contributed by atoms with E-state index in [-0.39, 0.29) is 5.78 Å². The van der Waals surface area contributed by atoms with Gasteiger partial charge in [0.2, 0.25) is 0 Å². The lowest BCUT2D eigenvalue weighted by Crippen LogP contribution is -1.96. The maximum absolute atomic E-state index is 12.5. The molecular weight excluding hydrogens is 439 g/mol. The molecule has 0 amide bonds. The van der Waals surface area contributed by atoms with Gasteiger partial charge in [0, 0.05) is 43.6 Å². The highest BCUT2D eigenvalue weighted by molar-refractivity contribution is 6.35. The normalized spacial score (nSPS) is 11.2. The number of anilines is 2. The second-order valence-electron chi connectivity index (χ2n) is 6.59. The van der Waals surface area contributed by atoms with Crippen LogP contribution in [0, 0.1) is 0 Å². The van der Waals surface area contributed by atoms with E-state index in [0.29, 0.717) is 20.6 Å². The zero-order valence-corrected chi connectivity index (χ0v) is 17.8. The predicted octanol–water partition coefficient (Wildman–Crippen LogP) is 7.83. The first-order valence-electron chi connectivity index (χ1n) is 9.08. The first-order valence-corrected chi connectivity index (χ1v) is 10.2. The number of ketones is 1. The van der Waals surface area contributed by atoms with E-state index in [0.717, 1.165) is 27.8 Å². The largest absolute Gasteiger partial charge is 0.355 e. The first kappa shape index (κ1) is 20.4. The molecule has 6 heteroatoms. The molecule has 1 aromatic heterocycles. The van der Waals surface area contributed by atoms with Crippen molar-refractivity contribution in [1.29, 1.82) is 0 Å². The van der Waals surface area contributed by atoms with Crippen LogP contribution in [0.25, 0.3) is 17.0 Å². The number of aromatic nitrogens is 1. The minimum atomic E-state index is -0.114. The van der Waals surface area contributed by atoms with Crippen molar-refractivity contribution in [3.8, 4) is 0 Å². The number of carbonyl (C=O) groups excluding carboxylic acids is 1. The summed E-state index contributed by atoms with van der Waals surface area (Å²) in [6.45, 7) is 0. The summed E-state index contributed by atoms with van der Waals surface area (Å²) >= 11 is 18.1. The van der Waals surface area contributed by atoms with Crippen LogP contribution in [0.1, 0.15) is 15.9 Å². The molecule has 0 aliphatic rings. The Morgan fingerprint density at radius 1 is 0.867 bits per heavy atom. The SMILES string of the molecule is O=C(C=Cc1ccc(Cl)cc1Cl)c1ccc(Nc2ccnc3cc(Cl)ccc23)cc1. The summed E-state index contributed by atoms with van der Waals surface area (Å²) < 4.78 is 0. The summed E-state index contributed by atoms with van der Waals surface area (Å²) in [6, 6.07) is 19.9. The molecule has 0 radical (unpaired) electrons. The van der Waals surface area contributed by atoms with Gasteiger partial charge in [-0.2, -0.15) is 0 Å². The van der Waals surface area contributed by atoms with E-state index in [9.17, 15) is 4.79 Å². The van der Waals surface area contributed by atoms with Gasteiger partial charge in [0.15, 0.2) is 5.78 Å². The predicted molar refractivity (Wildman–Crippen MR) is 126 cm³/mol. The van der Waals surface area contributed by atoms with Crippen molar-refractivity contribution < 1.29 is 4.79 Å². The second-order valence-corrected chi connectivity index (χ2v) is 7.87. The molecule has 0 aliphatic carbocycles. The number of fused-ring (bicyclic) bond motifs is 1. The summed E-state index contributed by atoms with van der Waals surface area (Å²) in [5, 5.41) is 6.01. The topological polar surface area (TPSA) is 42.0 Å². The van der Waals surface area contributed by atoms with Gasteiger partial charge >= 0.3 is 0 Å². The van der Waals surface area contributed by atoms with E-state index in [1.54, 1.807) is 42.6 Å². The van der Waals surface area contributed by atoms with E-state index in [2.05, 4.69) is 10.3 Å². The average molecular weight is 454 g/mol. The highest BCUT2D eigenvalue weighted by atomic mass is 35.5. The van der Waals surface area contributed by atoms with E-state index in [1.165, 1.54) is 6.08 Å². The highest BCUT2D eigenvalue weighted by Gasteiger charge is 2.06. The number of nitrogens with zero attached hydrogens (tertiary/aromatic N) is 1. The van der Waals surface area contributed by atoms with E-state index < -0.39 is 0 Å². The van der Waals surface area contributed by atoms with Crippen molar-refractivity contribution in [3.05, 3.63) is 105 Å². The molecule has 0 spiro atoms. The van der Waals surface area contributed by atoms with Crippen LogP contribution in [0.4, 0.5) is 11.4 Å². The van der Waals surface area contributed by atoms with Crippen LogP contribution < -0.4 is 5.32 Å². The van der Waals surface area contributed by atoms with Gasteiger partial charge in [0.25, 0.3) is 0 Å². The molecular formula is C24H15Cl3N2O. The maximum atomic E-state index is 12.5. The van der Waals surface area contributed by atoms with E-state index >= 15 is 0 Å². The van der Waals surface area contributed by atoms with Crippen molar-refractivity contribution in [1.82, 2.24) is 4.98 Å². The molecule has 0 unspecified atom stereocenters. The molecule has 4 aromatic rings. The molecule has 3 nitrogen and oxygen atoms in total. The third-order valence-electron chi connectivity index (χ3n) is 4.53. The van der Waals surface area contributed by atoms with Crippen LogP contribution in [0.3, 0.4) is 0 Å². The Morgan fingerprint density at radius 2 is 1.60 bits per heavy atom. The van der Waals surface area contributed by atoms with Crippen molar-refractivity contribution in [3.63, 3.8) is 0 Å². The van der Waals surface area contributed by atoms with Gasteiger partial charge in [-0.15, -0.1) is 0 Å². The molecule has 1 N–H and O–H groups in total. The average Bonchev–Trinajstić information content (AvgIpc) is 2.73. The van der Waals surface area contributed by atoms with Crippen LogP contribution in [-0.4, -0.2) is 10.8 Å². The number of rotatable bonds is 5. The highest BCUT2D eigenvalue weighted by Crippen LogP contribution is 2.27. The quantitative estimate of drug-likeness (QED) is 0.247. The van der Waals surface area contributed by atoms with Gasteiger partial charge in [0.05, 0.1) is 5.52 Å². The van der Waals surface area contributed by atoms with Crippen molar-refractivity contribution >= 4 is 68.9 Å². The first-order chi connectivity index (χ1) is 14.5. The van der Waals surface area contributed by atoms with Crippen LogP contribution in [0.5, 0.6) is 0 Å². The minimum absolute atomic E-state index is 0.114. The van der Waals surface area contributed by atoms with Crippen LogP contribution >= 0.6 is 34.8 Å². The van der Waals surface area contributed by atoms with Crippen LogP contribution in [0.2, 0.25) is 15.1 Å². The lowest BCUT2D eigenvalue weighted by molar-refractivity contribution is 0.104. The Morgan fingerprint density at radius 3 is 2.37 bits per heavy atom. The van der Waals surface area contributed by atoms with Gasteiger partial charge in [0.1, 0.15) is 0 Å². The van der Waals surface area contributed by atoms with Gasteiger partial charge in [-0.3, -0.25) is 9.78 Å². The summed E-state index contributed by atoms with van der Waals surface area (Å²) in [4.78, 5) is 16.8. The number of pyridine rings is 1. The summed E-state index contributed by atoms with van der Waals surface area (Å²) in [5.41, 5.74) is 3.89. The molecule has 0 aliphatic heterocycles. The third-order valence-corrected chi connectivity index (χ3v) is 5.33. The standard InChI is InChI=1S/C24H15Cl3N2O/c25-17-5-1-15(21(27)13-17)4-10-24(30)16-2-7-19(8-3-16)29-22-11-12-28-23-14-18(26)6-9-20(22)23/h1-14H,(H,28,29). The number of allylic oxidation sites excluding steroid dienone is 1. The fraction of sp³-hybridized carbons (Fsp3) is 0. The van der Waals surface area contributed by atoms with Crippen molar-refractivity contribution in [2.45, 2.75) is 0 Å². The number of halogens is 3. The van der Waals surface area contributed by atoms with Gasteiger partial charge in [-0.05, 0) is 78.4 Å². The molecule has 0 saturated carbocycles. The second kappa shape index (κ2) is 8.88. The van der Waals surface area contributed by atoms with Gasteiger partial charge in [-0.25, -0.2) is 0 Å². The monoisotopic (exact) mass is 452 g/mol. The van der Waals surface area contributed by atoms with E-state index in [4.69, 9.17) is 34.8 Å². The van der Waals surface area contributed by atoms with Crippen molar-refractivity contribution in [2.75, 3.05) is 5.32 Å². The fourth-order valence-electron chi connectivity index (χ4n) is 3.00. The molecule has 30 heavy (non-hydrogen) atoms. The maximum Gasteiger partial charge on any atom is 0.185 e. The molecule has 3 aromatic carbocycles.